The van der Waals surface area contributed by atoms with Crippen molar-refractivity contribution in [3.05, 3.63) is 29.8 Å². The Kier molecular flexibility index (Phi) is 19.8. The smallest absolute Gasteiger partial charge is 0.246 e. The molecule has 11 amide bonds. The highest BCUT2D eigenvalue weighted by Gasteiger charge is 2.41. The third-order valence-electron chi connectivity index (χ3n) is 11.0. The molecular formula is C43H66N12O12S2. The molecule has 10 atom stereocenters. The van der Waals surface area contributed by atoms with Gasteiger partial charge in [-0.15, -0.1) is 0 Å². The summed E-state index contributed by atoms with van der Waals surface area (Å²) in [6.07, 6.45) is -2.06. The van der Waals surface area contributed by atoms with Crippen LogP contribution in [0.2, 0.25) is 0 Å². The molecule has 3 rings (SSSR count). The summed E-state index contributed by atoms with van der Waals surface area (Å²) in [5.41, 5.74) is 22.7. The number of nitrogens with zero attached hydrogens (tertiary/aromatic N) is 1. The number of nitrogens with two attached hydrogens (primary N) is 4. The minimum Gasteiger partial charge on any atom is -0.508 e. The van der Waals surface area contributed by atoms with Crippen molar-refractivity contribution in [1.29, 1.82) is 0 Å². The van der Waals surface area contributed by atoms with Crippen molar-refractivity contribution in [2.45, 2.75) is 127 Å². The lowest BCUT2D eigenvalue weighted by Crippen LogP contribution is -2.61. The van der Waals surface area contributed by atoms with E-state index in [0.29, 0.717) is 12.0 Å². The van der Waals surface area contributed by atoms with Crippen LogP contribution in [0.4, 0.5) is 0 Å². The average molecular weight is 1010 g/mol. The van der Waals surface area contributed by atoms with Crippen LogP contribution in [0.5, 0.6) is 5.75 Å². The van der Waals surface area contributed by atoms with E-state index in [9.17, 15) is 57.8 Å². The van der Waals surface area contributed by atoms with Crippen molar-refractivity contribution in [3.63, 3.8) is 0 Å². The van der Waals surface area contributed by atoms with Crippen LogP contribution >= 0.6 is 21.6 Å². The summed E-state index contributed by atoms with van der Waals surface area (Å²) in [5.74, 6) is -14.1. The highest BCUT2D eigenvalue weighted by molar-refractivity contribution is 8.76. The number of phenols is 1. The van der Waals surface area contributed by atoms with Crippen molar-refractivity contribution in [1.82, 2.24) is 42.1 Å². The van der Waals surface area contributed by atoms with E-state index in [-0.39, 0.29) is 43.1 Å². The summed E-state index contributed by atoms with van der Waals surface area (Å²) in [6, 6.07) is -6.54. The summed E-state index contributed by atoms with van der Waals surface area (Å²) in [6.45, 7) is -1.30. The fourth-order valence-corrected chi connectivity index (χ4v) is 9.42. The minimum atomic E-state index is -3.12. The Balaban J connectivity index is 2.08. The Morgan fingerprint density at radius 2 is 1.46 bits per heavy atom. The summed E-state index contributed by atoms with van der Waals surface area (Å²) in [4.78, 5) is 149. The lowest BCUT2D eigenvalue weighted by Gasteiger charge is -2.31. The first-order valence-electron chi connectivity index (χ1n) is 24.5. The van der Waals surface area contributed by atoms with Gasteiger partial charge in [-0.1, -0.05) is 67.8 Å². The Morgan fingerprint density at radius 1 is 0.841 bits per heavy atom. The molecule has 2 heterocycles. The van der Waals surface area contributed by atoms with Gasteiger partial charge >= 0.3 is 0 Å². The van der Waals surface area contributed by atoms with E-state index < -0.39 is 164 Å². The number of primary amides is 3. The number of carbonyl (C=O) groups excluding carboxylic acids is 11. The van der Waals surface area contributed by atoms with E-state index >= 15 is 0 Å². The number of likely N-dealkylation sites (tertiary alicyclic amines) is 1. The molecule has 382 valence electrons. The normalized spacial score (nSPS) is 26.1. The highest BCUT2D eigenvalue weighted by Crippen LogP contribution is 2.26. The van der Waals surface area contributed by atoms with Crippen LogP contribution in [-0.2, 0) is 59.2 Å². The molecule has 2 saturated heterocycles. The van der Waals surface area contributed by atoms with Gasteiger partial charge in [0.05, 0.1) is 21.7 Å². The second-order valence-electron chi connectivity index (χ2n) is 16.7. The van der Waals surface area contributed by atoms with Crippen molar-refractivity contribution >= 4 is 86.6 Å². The summed E-state index contributed by atoms with van der Waals surface area (Å²) < 4.78 is 39.0. The van der Waals surface area contributed by atoms with Crippen molar-refractivity contribution in [2.75, 3.05) is 24.5 Å². The number of aromatic hydroxyl groups is 1. The molecule has 26 heteroatoms. The number of nitrogens with one attached hydrogen (secondary N) is 7. The Hall–Kier alpha value is -6.15. The van der Waals surface area contributed by atoms with Crippen LogP contribution in [0.15, 0.2) is 24.3 Å². The largest absolute Gasteiger partial charge is 0.508 e. The molecule has 24 nitrogen and oxygen atoms in total. The molecule has 0 bridgehead atoms. The third kappa shape index (κ3) is 18.7. The molecule has 2 aliphatic heterocycles. The van der Waals surface area contributed by atoms with Gasteiger partial charge in [-0.25, -0.2) is 0 Å². The van der Waals surface area contributed by atoms with Gasteiger partial charge in [0.2, 0.25) is 65.0 Å². The zero-order valence-electron chi connectivity index (χ0n) is 43.4. The van der Waals surface area contributed by atoms with Gasteiger partial charge in [-0.3, -0.25) is 52.7 Å². The number of phenolic OH excluding ortho intramolecular Hbond substituents is 1. The van der Waals surface area contributed by atoms with Crippen molar-refractivity contribution in [2.24, 2.45) is 34.8 Å². The molecule has 1 aromatic carbocycles. The van der Waals surface area contributed by atoms with E-state index in [2.05, 4.69) is 31.9 Å². The predicted molar refractivity (Wildman–Crippen MR) is 254 cm³/mol. The molecule has 16 N–H and O–H groups in total. The zero-order chi connectivity index (χ0) is 55.8. The fourth-order valence-electron chi connectivity index (χ4n) is 7.14. The predicted octanol–water partition coefficient (Wildman–Crippen LogP) is -3.61. The molecule has 0 saturated carbocycles. The summed E-state index contributed by atoms with van der Waals surface area (Å²) in [5, 5.41) is 26.5. The van der Waals surface area contributed by atoms with Gasteiger partial charge in [0, 0.05) is 35.0 Å². The molecule has 69 heavy (non-hydrogen) atoms. The van der Waals surface area contributed by atoms with Crippen molar-refractivity contribution < 1.29 is 64.7 Å². The van der Waals surface area contributed by atoms with Gasteiger partial charge in [-0.05, 0) is 55.2 Å². The van der Waals surface area contributed by atoms with Crippen LogP contribution in [0.25, 0.3) is 0 Å². The number of carbonyl (C=O) groups is 11. The molecule has 0 aromatic heterocycles. The minimum absolute atomic E-state index is 0.0300. The van der Waals surface area contributed by atoms with Gasteiger partial charge in [-0.2, -0.15) is 0 Å². The van der Waals surface area contributed by atoms with E-state index in [4.69, 9.17) is 29.8 Å². The maximum Gasteiger partial charge on any atom is 0.246 e. The monoisotopic (exact) mass is 1010 g/mol. The first-order valence-corrected chi connectivity index (χ1v) is 24.5. The van der Waals surface area contributed by atoms with Crippen LogP contribution < -0.4 is 60.2 Å². The second kappa shape index (κ2) is 27.7. The number of amides is 11. The topological polar surface area (TPSA) is 400 Å². The molecule has 2 unspecified atom stereocenters. The number of hydrogen-bond donors (Lipinski definition) is 12. The van der Waals surface area contributed by atoms with Gasteiger partial charge in [0.1, 0.15) is 48.0 Å². The van der Waals surface area contributed by atoms with E-state index in [1.165, 1.54) is 31.2 Å². The standard InChI is InChI=1S/C43H66N12O12S2/c1-5-22(4)35-42(66)49-26(12-13-32(45)57)38(62)51-29(17-33(46)58)39(63)53-30(20-69-68-19-25(44)36(60)50-28(40(64)54-35)16-23-8-10-24(56)11-9-23)43(67)55-14-6-7-31(55)41(65)52-27(15-21(2)3)37(61)48-18-34(47)59/h8-11,21-22,25-31,35,56H,5-7,12-20,44H2,1-4H3,(H2,45,57)(H2,46,58)(H2,47,59)(H,48,61)(H,49,66)(H,50,60)(H,51,62)(H,52,65)(H,53,63)(H,54,64)/t22-,25-,26-,27+,28-,29-,30?,31-,35-/m0/s1/i2D3,18D2/t21?,22-,25-,26-,27+,28-,29-,30?,31-,35-. The molecule has 0 radical (unpaired) electrons. The molecule has 2 aliphatic rings. The molecular weight excluding hydrogens is 941 g/mol. The fraction of sp³-hybridized carbons (Fsp3) is 0.605. The quantitative estimate of drug-likeness (QED) is 0.0671. The summed E-state index contributed by atoms with van der Waals surface area (Å²) in [7, 11) is 1.88. The van der Waals surface area contributed by atoms with E-state index in [1.54, 1.807) is 19.2 Å². The first kappa shape index (κ1) is 49.3. The lowest BCUT2D eigenvalue weighted by atomic mass is 9.96. The highest BCUT2D eigenvalue weighted by atomic mass is 33.1. The van der Waals surface area contributed by atoms with Crippen LogP contribution in [0.3, 0.4) is 0 Å². The van der Waals surface area contributed by atoms with E-state index in [1.807, 2.05) is 0 Å². The molecule has 2 fully saturated rings. The Labute approximate surface area is 414 Å². The van der Waals surface area contributed by atoms with E-state index in [0.717, 1.165) is 26.5 Å². The maximum absolute atomic E-state index is 14.6. The van der Waals surface area contributed by atoms with Crippen LogP contribution in [-0.4, -0.2) is 148 Å². The van der Waals surface area contributed by atoms with Crippen molar-refractivity contribution in [3.8, 4) is 5.75 Å². The number of rotatable bonds is 17. The summed E-state index contributed by atoms with van der Waals surface area (Å²) >= 11 is 0. The Bertz CT molecular complexity index is 2250. The lowest BCUT2D eigenvalue weighted by molar-refractivity contribution is -0.142. The Morgan fingerprint density at radius 3 is 2.09 bits per heavy atom. The second-order valence-corrected chi connectivity index (χ2v) is 19.3. The SMILES string of the molecule is [2H]C([2H])(NC(=O)[C@@H](CC(C)C([2H])([2H])[2H])NC(=O)[C@@H]1CCCN1C(=O)C1CSSC[C@H](N)C(=O)N[C@@H](Cc2ccc(O)cc2)C(=O)N[C@@H]([C@@H](C)CC)C(=O)N[C@@H](CCC(N)=O)C(=O)N[C@@H](CC(N)=O)C(=O)N1)C(N)=O. The number of benzene rings is 1. The molecule has 0 aliphatic carbocycles. The average Bonchev–Trinajstić information content (AvgIpc) is 3.81. The van der Waals surface area contributed by atoms with Gasteiger partial charge < -0.3 is 70.2 Å². The van der Waals surface area contributed by atoms with Crippen LogP contribution in [0.1, 0.15) is 85.0 Å². The van der Waals surface area contributed by atoms with Gasteiger partial charge in [0.15, 0.2) is 0 Å². The maximum atomic E-state index is 14.6. The van der Waals surface area contributed by atoms with Crippen LogP contribution in [0, 0.1) is 11.8 Å². The van der Waals surface area contributed by atoms with Gasteiger partial charge in [0.25, 0.3) is 0 Å². The zero-order valence-corrected chi connectivity index (χ0v) is 40.0. The third-order valence-corrected chi connectivity index (χ3v) is 13.5. The number of hydrogen-bond acceptors (Lipinski definition) is 15. The molecule has 1 aromatic rings. The molecule has 0 spiro atoms. The first-order chi connectivity index (χ1) is 34.4.